The fraction of sp³-hybridized carbons (Fsp3) is 0.909. The van der Waals surface area contributed by atoms with Crippen LogP contribution >= 0.6 is 0 Å². The summed E-state index contributed by atoms with van der Waals surface area (Å²) in [6.07, 6.45) is 2.38. The van der Waals surface area contributed by atoms with Crippen LogP contribution in [-0.4, -0.2) is 35.4 Å². The molecular formula is C11H21NO3. The van der Waals surface area contributed by atoms with Gasteiger partial charge in [0.1, 0.15) is 5.60 Å². The summed E-state index contributed by atoms with van der Waals surface area (Å²) in [5, 5.41) is 12.1. The van der Waals surface area contributed by atoms with Crippen molar-refractivity contribution in [3.05, 3.63) is 0 Å². The summed E-state index contributed by atoms with van der Waals surface area (Å²) in [6, 6.07) is 0. The second-order valence-electron chi connectivity index (χ2n) is 4.71. The Balaban J connectivity index is 2.61. The van der Waals surface area contributed by atoms with Gasteiger partial charge in [0, 0.05) is 6.61 Å². The first kappa shape index (κ1) is 12.5. The molecule has 88 valence electrons. The van der Waals surface area contributed by atoms with Crippen LogP contribution in [-0.2, 0) is 9.53 Å². The van der Waals surface area contributed by atoms with Gasteiger partial charge in [0.15, 0.2) is 0 Å². The summed E-state index contributed by atoms with van der Waals surface area (Å²) in [5.41, 5.74) is -1.24. The predicted molar refractivity (Wildman–Crippen MR) is 57.5 cm³/mol. The number of amides is 1. The third-order valence-electron chi connectivity index (χ3n) is 3.24. The molecule has 1 rings (SSSR count). The van der Waals surface area contributed by atoms with Crippen LogP contribution in [0.25, 0.3) is 0 Å². The number of nitrogens with one attached hydrogen (secondary N) is 1. The van der Waals surface area contributed by atoms with E-state index in [4.69, 9.17) is 4.74 Å². The number of aliphatic hydroxyl groups is 1. The Morgan fingerprint density at radius 2 is 2.33 bits per heavy atom. The lowest BCUT2D eigenvalue weighted by Crippen LogP contribution is -2.55. The van der Waals surface area contributed by atoms with Crippen LogP contribution in [0.2, 0.25) is 0 Å². The Kier molecular flexibility index (Phi) is 3.73. The van der Waals surface area contributed by atoms with Crippen LogP contribution in [0.5, 0.6) is 0 Å². The van der Waals surface area contributed by atoms with Gasteiger partial charge in [-0.1, -0.05) is 6.92 Å². The smallest absolute Gasteiger partial charge is 0.252 e. The minimum absolute atomic E-state index is 0.0503. The molecule has 0 aromatic rings. The Morgan fingerprint density at radius 1 is 1.67 bits per heavy atom. The number of ether oxygens (including phenoxy) is 1. The highest BCUT2D eigenvalue weighted by Gasteiger charge is 2.40. The van der Waals surface area contributed by atoms with Crippen molar-refractivity contribution in [3.8, 4) is 0 Å². The van der Waals surface area contributed by atoms with E-state index in [0.29, 0.717) is 13.0 Å². The lowest BCUT2D eigenvalue weighted by molar-refractivity contribution is -0.142. The van der Waals surface area contributed by atoms with Crippen molar-refractivity contribution < 1.29 is 14.6 Å². The number of hydrogen-bond acceptors (Lipinski definition) is 3. The molecule has 2 N–H and O–H groups in total. The number of carbonyl (C=O) groups excluding carboxylic acids is 1. The van der Waals surface area contributed by atoms with Crippen molar-refractivity contribution in [2.45, 2.75) is 51.2 Å². The quantitative estimate of drug-likeness (QED) is 0.730. The van der Waals surface area contributed by atoms with Crippen LogP contribution in [0, 0.1) is 0 Å². The fourth-order valence-electron chi connectivity index (χ4n) is 1.60. The number of rotatable bonds is 4. The van der Waals surface area contributed by atoms with E-state index < -0.39 is 11.1 Å². The van der Waals surface area contributed by atoms with E-state index in [2.05, 4.69) is 5.32 Å². The molecule has 0 bridgehead atoms. The molecule has 4 heteroatoms. The molecule has 1 aliphatic rings. The molecule has 0 radical (unpaired) electrons. The summed E-state index contributed by atoms with van der Waals surface area (Å²) < 4.78 is 5.44. The second-order valence-corrected chi connectivity index (χ2v) is 4.71. The summed E-state index contributed by atoms with van der Waals surface area (Å²) in [5.74, 6) is -0.113. The molecular weight excluding hydrogens is 194 g/mol. The highest BCUT2D eigenvalue weighted by atomic mass is 16.5. The molecule has 1 saturated heterocycles. The van der Waals surface area contributed by atoms with E-state index in [1.807, 2.05) is 20.8 Å². The van der Waals surface area contributed by atoms with E-state index in [1.165, 1.54) is 0 Å². The maximum atomic E-state index is 12.0. The van der Waals surface area contributed by atoms with Gasteiger partial charge >= 0.3 is 0 Å². The van der Waals surface area contributed by atoms with E-state index in [9.17, 15) is 9.90 Å². The van der Waals surface area contributed by atoms with Crippen molar-refractivity contribution in [1.29, 1.82) is 0 Å². The van der Waals surface area contributed by atoms with Crippen molar-refractivity contribution in [3.63, 3.8) is 0 Å². The number of carbonyl (C=O) groups is 1. The average molecular weight is 215 g/mol. The third-order valence-corrected chi connectivity index (χ3v) is 3.24. The minimum atomic E-state index is -0.703. The first-order valence-electron chi connectivity index (χ1n) is 5.53. The van der Waals surface area contributed by atoms with Gasteiger partial charge in [-0.05, 0) is 33.1 Å². The molecule has 2 atom stereocenters. The molecule has 1 fully saturated rings. The van der Waals surface area contributed by atoms with E-state index in [1.54, 1.807) is 0 Å². The summed E-state index contributed by atoms with van der Waals surface area (Å²) in [4.78, 5) is 12.0. The summed E-state index contributed by atoms with van der Waals surface area (Å²) in [7, 11) is 0. The maximum absolute atomic E-state index is 12.0. The van der Waals surface area contributed by atoms with E-state index in [-0.39, 0.29) is 12.5 Å². The molecule has 0 aromatic heterocycles. The van der Waals surface area contributed by atoms with E-state index in [0.717, 1.165) is 12.8 Å². The topological polar surface area (TPSA) is 58.6 Å². The van der Waals surface area contributed by atoms with Crippen LogP contribution in [0.3, 0.4) is 0 Å². The highest BCUT2D eigenvalue weighted by molar-refractivity contribution is 5.85. The van der Waals surface area contributed by atoms with Crippen LogP contribution in [0.1, 0.15) is 40.0 Å². The average Bonchev–Trinajstić information content (AvgIpc) is 2.66. The standard InChI is InChI=1S/C11H21NO3/c1-4-10(2,8-13)12-9(14)11(3)6-5-7-15-11/h13H,4-8H2,1-3H3,(H,12,14). The van der Waals surface area contributed by atoms with Crippen molar-refractivity contribution >= 4 is 5.91 Å². The summed E-state index contributed by atoms with van der Waals surface area (Å²) in [6.45, 7) is 6.18. The lowest BCUT2D eigenvalue weighted by atomic mass is 9.96. The van der Waals surface area contributed by atoms with Crippen molar-refractivity contribution in [2.75, 3.05) is 13.2 Å². The largest absolute Gasteiger partial charge is 0.394 e. The van der Waals surface area contributed by atoms with Crippen molar-refractivity contribution in [1.82, 2.24) is 5.32 Å². The Morgan fingerprint density at radius 3 is 2.73 bits per heavy atom. The molecule has 1 aliphatic heterocycles. The van der Waals surface area contributed by atoms with Gasteiger partial charge in [-0.25, -0.2) is 0 Å². The van der Waals surface area contributed by atoms with Gasteiger partial charge in [0.2, 0.25) is 0 Å². The van der Waals surface area contributed by atoms with Gasteiger partial charge < -0.3 is 15.2 Å². The molecule has 15 heavy (non-hydrogen) atoms. The zero-order valence-corrected chi connectivity index (χ0v) is 9.80. The molecule has 0 aliphatic carbocycles. The van der Waals surface area contributed by atoms with Gasteiger partial charge in [-0.15, -0.1) is 0 Å². The molecule has 1 amide bonds. The molecule has 4 nitrogen and oxygen atoms in total. The van der Waals surface area contributed by atoms with E-state index >= 15 is 0 Å². The Labute approximate surface area is 91.0 Å². The fourth-order valence-corrected chi connectivity index (χ4v) is 1.60. The molecule has 0 saturated carbocycles. The Bertz CT molecular complexity index is 230. The zero-order chi connectivity index (χ0) is 11.5. The maximum Gasteiger partial charge on any atom is 0.252 e. The SMILES string of the molecule is CCC(C)(CO)NC(=O)C1(C)CCCO1. The molecule has 2 unspecified atom stereocenters. The monoisotopic (exact) mass is 215 g/mol. The van der Waals surface area contributed by atoms with Gasteiger partial charge in [-0.3, -0.25) is 4.79 Å². The van der Waals surface area contributed by atoms with Crippen LogP contribution < -0.4 is 5.32 Å². The number of aliphatic hydroxyl groups excluding tert-OH is 1. The van der Waals surface area contributed by atoms with Crippen molar-refractivity contribution in [2.24, 2.45) is 0 Å². The Hall–Kier alpha value is -0.610. The highest BCUT2D eigenvalue weighted by Crippen LogP contribution is 2.26. The minimum Gasteiger partial charge on any atom is -0.394 e. The molecule has 0 spiro atoms. The second kappa shape index (κ2) is 4.49. The first-order chi connectivity index (χ1) is 6.96. The normalized spacial score (nSPS) is 29.9. The summed E-state index contributed by atoms with van der Waals surface area (Å²) >= 11 is 0. The zero-order valence-electron chi connectivity index (χ0n) is 9.80. The molecule has 0 aromatic carbocycles. The first-order valence-corrected chi connectivity index (χ1v) is 5.53. The predicted octanol–water partition coefficient (Wildman–Crippen LogP) is 0.833. The number of hydrogen-bond donors (Lipinski definition) is 2. The lowest BCUT2D eigenvalue weighted by Gasteiger charge is -2.32. The van der Waals surface area contributed by atoms with Crippen LogP contribution in [0.4, 0.5) is 0 Å². The third kappa shape index (κ3) is 2.69. The van der Waals surface area contributed by atoms with Gasteiger partial charge in [0.25, 0.3) is 5.91 Å². The van der Waals surface area contributed by atoms with Gasteiger partial charge in [-0.2, -0.15) is 0 Å². The van der Waals surface area contributed by atoms with Crippen LogP contribution in [0.15, 0.2) is 0 Å². The van der Waals surface area contributed by atoms with Gasteiger partial charge in [0.05, 0.1) is 12.1 Å². The molecule has 1 heterocycles.